The molecule has 0 fully saturated rings. The first kappa shape index (κ1) is 21.8. The maximum atomic E-state index is 13.6. The zero-order chi connectivity index (χ0) is 23.4. The molecule has 7 nitrogen and oxygen atoms in total. The van der Waals surface area contributed by atoms with Gasteiger partial charge in [0, 0.05) is 5.56 Å². The number of aromatic nitrogens is 2. The molecule has 1 aromatic heterocycles. The monoisotopic (exact) mass is 440 g/mol. The Morgan fingerprint density at radius 2 is 1.55 bits per heavy atom. The number of aryl methyl sites for hydroxylation is 1. The van der Waals surface area contributed by atoms with Crippen LogP contribution in [0.25, 0.3) is 0 Å². The predicted molar refractivity (Wildman–Crippen MR) is 129 cm³/mol. The number of hydrogen-bond acceptors (Lipinski definition) is 4. The van der Waals surface area contributed by atoms with Crippen molar-refractivity contribution in [3.63, 3.8) is 0 Å². The first-order valence-corrected chi connectivity index (χ1v) is 10.5. The Balaban J connectivity index is 1.85. The number of benzene rings is 3. The van der Waals surface area contributed by atoms with Crippen LogP contribution >= 0.6 is 0 Å². The number of nitrogens with one attached hydrogen (secondary N) is 1. The van der Waals surface area contributed by atoms with Crippen molar-refractivity contribution in [1.82, 2.24) is 9.55 Å². The van der Waals surface area contributed by atoms with Gasteiger partial charge < -0.3 is 5.73 Å². The molecule has 0 radical (unpaired) electrons. The molecular weight excluding hydrogens is 416 g/mol. The minimum absolute atomic E-state index is 0.0547. The summed E-state index contributed by atoms with van der Waals surface area (Å²) < 4.78 is 1.27. The average molecular weight is 441 g/mol. The first-order valence-electron chi connectivity index (χ1n) is 10.5. The summed E-state index contributed by atoms with van der Waals surface area (Å²) in [5.74, 6) is -0.450. The molecule has 3 N–H and O–H groups in total. The van der Waals surface area contributed by atoms with Crippen LogP contribution < -0.4 is 21.9 Å². The van der Waals surface area contributed by atoms with Crippen LogP contribution in [0.5, 0.6) is 0 Å². The molecule has 1 amide bonds. The molecule has 0 aliphatic carbocycles. The molecule has 0 spiro atoms. The third-order valence-corrected chi connectivity index (χ3v) is 5.36. The highest BCUT2D eigenvalue weighted by molar-refractivity contribution is 6.07. The largest absolute Gasteiger partial charge is 0.383 e. The fourth-order valence-electron chi connectivity index (χ4n) is 3.71. The van der Waals surface area contributed by atoms with Crippen LogP contribution in [-0.2, 0) is 13.1 Å². The van der Waals surface area contributed by atoms with Crippen molar-refractivity contribution in [3.05, 3.63) is 128 Å². The molecule has 0 aliphatic heterocycles. The average Bonchev–Trinajstić information content (AvgIpc) is 2.82. The standard InChI is InChI=1S/C26H24N4O3/c1-18-9-8-14-21(15-18)25(32)29(16-19-10-4-2-5-11-19)22-23(27)30(26(33)28-24(22)31)17-20-12-6-3-7-13-20/h2-15H,16-17,27H2,1H3,(H,28,31,33). The van der Waals surface area contributed by atoms with Crippen LogP contribution in [-0.4, -0.2) is 15.5 Å². The number of nitrogens with zero attached hydrogens (tertiary/aromatic N) is 2. The zero-order valence-electron chi connectivity index (χ0n) is 18.2. The van der Waals surface area contributed by atoms with E-state index in [1.54, 1.807) is 18.2 Å². The SMILES string of the molecule is Cc1cccc(C(=O)N(Cc2ccccc2)c2c(N)n(Cc3ccccc3)c(=O)[nH]c2=O)c1. The van der Waals surface area contributed by atoms with Crippen LogP contribution in [0.3, 0.4) is 0 Å². The van der Waals surface area contributed by atoms with E-state index in [-0.39, 0.29) is 30.5 Å². The second kappa shape index (κ2) is 9.40. The lowest BCUT2D eigenvalue weighted by Gasteiger charge is -2.25. The zero-order valence-corrected chi connectivity index (χ0v) is 18.2. The van der Waals surface area contributed by atoms with Gasteiger partial charge in [-0.1, -0.05) is 78.4 Å². The number of H-pyrrole nitrogens is 1. The van der Waals surface area contributed by atoms with Gasteiger partial charge in [0.25, 0.3) is 11.5 Å². The highest BCUT2D eigenvalue weighted by Gasteiger charge is 2.25. The smallest absolute Gasteiger partial charge is 0.330 e. The summed E-state index contributed by atoms with van der Waals surface area (Å²) in [5, 5.41) is 0. The van der Waals surface area contributed by atoms with Crippen molar-refractivity contribution in [2.45, 2.75) is 20.0 Å². The Hall–Kier alpha value is -4.39. The van der Waals surface area contributed by atoms with Crippen LogP contribution in [0.1, 0.15) is 27.0 Å². The fourth-order valence-corrected chi connectivity index (χ4v) is 3.71. The van der Waals surface area contributed by atoms with E-state index >= 15 is 0 Å². The van der Waals surface area contributed by atoms with E-state index in [1.165, 1.54) is 9.47 Å². The molecule has 7 heteroatoms. The third kappa shape index (κ3) is 4.77. The Morgan fingerprint density at radius 1 is 0.909 bits per heavy atom. The lowest BCUT2D eigenvalue weighted by atomic mass is 10.1. The van der Waals surface area contributed by atoms with Gasteiger partial charge in [0.15, 0.2) is 5.69 Å². The molecule has 0 aliphatic rings. The molecule has 0 bridgehead atoms. The number of carbonyl (C=O) groups excluding carboxylic acids is 1. The van der Waals surface area contributed by atoms with Crippen LogP contribution in [0.4, 0.5) is 11.5 Å². The van der Waals surface area contributed by atoms with Gasteiger partial charge in [0.2, 0.25) is 0 Å². The molecule has 3 aromatic carbocycles. The summed E-state index contributed by atoms with van der Waals surface area (Å²) in [7, 11) is 0. The number of nitrogens with two attached hydrogens (primary N) is 1. The maximum absolute atomic E-state index is 13.6. The number of rotatable bonds is 6. The van der Waals surface area contributed by atoms with Gasteiger partial charge in [-0.2, -0.15) is 0 Å². The fraction of sp³-hybridized carbons (Fsp3) is 0.115. The van der Waals surface area contributed by atoms with Gasteiger partial charge in [-0.3, -0.25) is 24.0 Å². The summed E-state index contributed by atoms with van der Waals surface area (Å²) >= 11 is 0. The number of anilines is 2. The van der Waals surface area contributed by atoms with Gasteiger partial charge in [-0.05, 0) is 30.2 Å². The Labute approximate surface area is 190 Å². The van der Waals surface area contributed by atoms with Crippen molar-refractivity contribution in [1.29, 1.82) is 0 Å². The lowest BCUT2D eigenvalue weighted by Crippen LogP contribution is -2.41. The molecule has 33 heavy (non-hydrogen) atoms. The number of nitrogen functional groups attached to an aromatic ring is 1. The molecule has 1 heterocycles. The molecule has 4 rings (SSSR count). The normalized spacial score (nSPS) is 10.7. The summed E-state index contributed by atoms with van der Waals surface area (Å²) in [6.45, 7) is 2.16. The number of hydrogen-bond donors (Lipinski definition) is 2. The molecule has 0 saturated carbocycles. The minimum atomic E-state index is -0.709. The van der Waals surface area contributed by atoms with Crippen LogP contribution in [0.2, 0.25) is 0 Å². The van der Waals surface area contributed by atoms with Gasteiger partial charge in [-0.15, -0.1) is 0 Å². The third-order valence-electron chi connectivity index (χ3n) is 5.36. The van der Waals surface area contributed by atoms with Crippen molar-refractivity contribution in [2.75, 3.05) is 10.6 Å². The van der Waals surface area contributed by atoms with E-state index < -0.39 is 11.2 Å². The first-order chi connectivity index (χ1) is 15.9. The Bertz CT molecular complexity index is 1390. The van der Waals surface area contributed by atoms with Crippen molar-refractivity contribution >= 4 is 17.4 Å². The molecule has 166 valence electrons. The van der Waals surface area contributed by atoms with E-state index in [1.807, 2.05) is 73.7 Å². The molecule has 0 unspecified atom stereocenters. The topological polar surface area (TPSA) is 101 Å². The lowest BCUT2D eigenvalue weighted by molar-refractivity contribution is 0.0984. The number of carbonyl (C=O) groups is 1. The van der Waals surface area contributed by atoms with Crippen molar-refractivity contribution in [2.24, 2.45) is 0 Å². The summed E-state index contributed by atoms with van der Waals surface area (Å²) in [6.07, 6.45) is 0. The summed E-state index contributed by atoms with van der Waals surface area (Å²) in [5.41, 5.74) is 7.98. The Kier molecular flexibility index (Phi) is 6.22. The van der Waals surface area contributed by atoms with Gasteiger partial charge >= 0.3 is 5.69 Å². The minimum Gasteiger partial charge on any atom is -0.383 e. The Morgan fingerprint density at radius 3 is 2.18 bits per heavy atom. The summed E-state index contributed by atoms with van der Waals surface area (Å²) in [6, 6.07) is 25.7. The second-order valence-electron chi connectivity index (χ2n) is 7.81. The second-order valence-corrected chi connectivity index (χ2v) is 7.81. The highest BCUT2D eigenvalue weighted by Crippen LogP contribution is 2.23. The van der Waals surface area contributed by atoms with Crippen molar-refractivity contribution in [3.8, 4) is 0 Å². The van der Waals surface area contributed by atoms with Crippen molar-refractivity contribution < 1.29 is 4.79 Å². The van der Waals surface area contributed by atoms with E-state index in [0.717, 1.165) is 16.7 Å². The molecule has 0 saturated heterocycles. The molecular formula is C26H24N4O3. The van der Waals surface area contributed by atoms with Gasteiger partial charge in [0.05, 0.1) is 13.1 Å². The maximum Gasteiger partial charge on any atom is 0.330 e. The summed E-state index contributed by atoms with van der Waals surface area (Å²) in [4.78, 5) is 42.8. The molecule has 0 atom stereocenters. The molecule has 4 aromatic rings. The van der Waals surface area contributed by atoms with E-state index in [4.69, 9.17) is 5.73 Å². The highest BCUT2D eigenvalue weighted by atomic mass is 16.2. The van der Waals surface area contributed by atoms with E-state index in [0.29, 0.717) is 5.56 Å². The van der Waals surface area contributed by atoms with Gasteiger partial charge in [0.1, 0.15) is 5.82 Å². The quantitative estimate of drug-likeness (QED) is 0.480. The number of amides is 1. The van der Waals surface area contributed by atoms with E-state index in [2.05, 4.69) is 4.98 Å². The van der Waals surface area contributed by atoms with E-state index in [9.17, 15) is 14.4 Å². The van der Waals surface area contributed by atoms with Crippen LogP contribution in [0, 0.1) is 6.92 Å². The van der Waals surface area contributed by atoms with Gasteiger partial charge in [-0.25, -0.2) is 4.79 Å². The van der Waals surface area contributed by atoms with Crippen LogP contribution in [0.15, 0.2) is 94.5 Å². The number of aromatic amines is 1. The predicted octanol–water partition coefficient (Wildman–Crippen LogP) is 3.32.